The SMILES string of the molecule is N#CC1=C(N)OC2=C(C(=O)CCC2)[C@@H]1c1cc(CN2CCCCCC2)cs1. The fraction of sp³-hybridized carbons (Fsp3) is 0.524. The van der Waals surface area contributed by atoms with E-state index in [2.05, 4.69) is 22.4 Å². The van der Waals surface area contributed by atoms with E-state index < -0.39 is 0 Å². The van der Waals surface area contributed by atoms with Gasteiger partial charge in [-0.1, -0.05) is 12.8 Å². The Kier molecular flexibility index (Phi) is 5.33. The van der Waals surface area contributed by atoms with Crippen molar-refractivity contribution in [3.63, 3.8) is 0 Å². The van der Waals surface area contributed by atoms with Crippen molar-refractivity contribution < 1.29 is 9.53 Å². The maximum absolute atomic E-state index is 12.6. The number of nitrogens with zero attached hydrogens (tertiary/aromatic N) is 2. The zero-order chi connectivity index (χ0) is 18.8. The number of rotatable bonds is 3. The average molecular weight is 384 g/mol. The lowest BCUT2D eigenvalue weighted by Crippen LogP contribution is -2.27. The number of thiophene rings is 1. The molecule has 1 atom stereocenters. The van der Waals surface area contributed by atoms with E-state index in [1.54, 1.807) is 11.3 Å². The second-order valence-corrected chi connectivity index (χ2v) is 8.53. The van der Waals surface area contributed by atoms with E-state index in [1.165, 1.54) is 31.2 Å². The highest BCUT2D eigenvalue weighted by molar-refractivity contribution is 7.10. The number of carbonyl (C=O) groups is 1. The first-order valence-corrected chi connectivity index (χ1v) is 10.7. The molecule has 0 aromatic carbocycles. The standard InChI is InChI=1S/C21H25N3O2S/c22-11-15-19(20-16(25)6-5-7-17(20)26-21(15)23)18-10-14(13-27-18)12-24-8-3-1-2-4-9-24/h10,13,19H,1-9,12,23H2/t19-/m0/s1. The Hall–Kier alpha value is -2.10. The summed E-state index contributed by atoms with van der Waals surface area (Å²) < 4.78 is 5.65. The van der Waals surface area contributed by atoms with Crippen molar-refractivity contribution in [2.75, 3.05) is 13.1 Å². The predicted molar refractivity (Wildman–Crippen MR) is 105 cm³/mol. The number of nitriles is 1. The molecule has 1 aliphatic carbocycles. The van der Waals surface area contributed by atoms with Crippen LogP contribution in [0.4, 0.5) is 0 Å². The molecule has 27 heavy (non-hydrogen) atoms. The predicted octanol–water partition coefficient (Wildman–Crippen LogP) is 3.94. The Morgan fingerprint density at radius 1 is 1.22 bits per heavy atom. The van der Waals surface area contributed by atoms with Crippen LogP contribution in [-0.2, 0) is 16.1 Å². The molecule has 0 radical (unpaired) electrons. The molecule has 3 aliphatic rings. The van der Waals surface area contributed by atoms with Gasteiger partial charge in [-0.05, 0) is 49.4 Å². The summed E-state index contributed by atoms with van der Waals surface area (Å²) >= 11 is 1.62. The highest BCUT2D eigenvalue weighted by Gasteiger charge is 2.38. The lowest BCUT2D eigenvalue weighted by Gasteiger charge is -2.30. The summed E-state index contributed by atoms with van der Waals surface area (Å²) in [5, 5.41) is 11.8. The normalized spacial score (nSPS) is 24.3. The molecule has 2 N–H and O–H groups in total. The van der Waals surface area contributed by atoms with Gasteiger partial charge < -0.3 is 10.5 Å². The first-order valence-electron chi connectivity index (χ1n) is 9.81. The summed E-state index contributed by atoms with van der Waals surface area (Å²) in [5.74, 6) is 0.534. The number of nitrogens with two attached hydrogens (primary N) is 1. The molecule has 0 bridgehead atoms. The molecule has 3 heterocycles. The molecule has 0 amide bonds. The Balaban J connectivity index is 1.63. The van der Waals surface area contributed by atoms with Crippen LogP contribution >= 0.6 is 11.3 Å². The third-order valence-corrected chi connectivity index (χ3v) is 6.71. The first kappa shape index (κ1) is 18.3. The average Bonchev–Trinajstić information content (AvgIpc) is 2.95. The van der Waals surface area contributed by atoms with Crippen LogP contribution in [0.1, 0.15) is 61.3 Å². The summed E-state index contributed by atoms with van der Waals surface area (Å²) in [4.78, 5) is 16.2. The number of ether oxygens (including phenoxy) is 1. The van der Waals surface area contributed by atoms with E-state index in [0.29, 0.717) is 29.7 Å². The molecule has 0 unspecified atom stereocenters. The van der Waals surface area contributed by atoms with Crippen LogP contribution in [0.2, 0.25) is 0 Å². The largest absolute Gasteiger partial charge is 0.444 e. The fourth-order valence-electron chi connectivity index (χ4n) is 4.32. The Morgan fingerprint density at radius 3 is 2.74 bits per heavy atom. The maximum atomic E-state index is 12.6. The molecule has 1 aromatic rings. The highest BCUT2D eigenvalue weighted by Crippen LogP contribution is 2.45. The quantitative estimate of drug-likeness (QED) is 0.855. The molecule has 1 aromatic heterocycles. The third-order valence-electron chi connectivity index (χ3n) is 5.67. The minimum Gasteiger partial charge on any atom is -0.444 e. The maximum Gasteiger partial charge on any atom is 0.205 e. The molecule has 0 spiro atoms. The van der Waals surface area contributed by atoms with E-state index in [0.717, 1.165) is 30.9 Å². The minimum atomic E-state index is -0.366. The summed E-state index contributed by atoms with van der Waals surface area (Å²) in [6, 6.07) is 4.35. The molecular weight excluding hydrogens is 358 g/mol. The van der Waals surface area contributed by atoms with Gasteiger partial charge in [0, 0.05) is 29.8 Å². The molecule has 1 fully saturated rings. The van der Waals surface area contributed by atoms with Gasteiger partial charge in [-0.25, -0.2) is 0 Å². The van der Waals surface area contributed by atoms with Gasteiger partial charge in [0.25, 0.3) is 0 Å². The molecular formula is C21H25N3O2S. The van der Waals surface area contributed by atoms with Crippen LogP contribution in [0.5, 0.6) is 0 Å². The van der Waals surface area contributed by atoms with Crippen molar-refractivity contribution in [3.05, 3.63) is 44.7 Å². The number of Topliss-reactive ketones (excluding diaryl/α,β-unsaturated/α-hetero) is 1. The van der Waals surface area contributed by atoms with Crippen molar-refractivity contribution in [1.29, 1.82) is 5.26 Å². The number of hydrogen-bond donors (Lipinski definition) is 1. The number of hydrogen-bond acceptors (Lipinski definition) is 6. The van der Waals surface area contributed by atoms with Crippen molar-refractivity contribution in [2.45, 2.75) is 57.4 Å². The molecule has 1 saturated heterocycles. The van der Waals surface area contributed by atoms with E-state index in [9.17, 15) is 10.1 Å². The fourth-order valence-corrected chi connectivity index (χ4v) is 5.34. The summed E-state index contributed by atoms with van der Waals surface area (Å²) in [7, 11) is 0. The lowest BCUT2D eigenvalue weighted by atomic mass is 9.80. The van der Waals surface area contributed by atoms with E-state index in [4.69, 9.17) is 10.5 Å². The van der Waals surface area contributed by atoms with Crippen molar-refractivity contribution in [2.24, 2.45) is 5.73 Å². The van der Waals surface area contributed by atoms with Crippen LogP contribution in [0, 0.1) is 11.3 Å². The van der Waals surface area contributed by atoms with E-state index in [-0.39, 0.29) is 17.6 Å². The second-order valence-electron chi connectivity index (χ2n) is 7.59. The Morgan fingerprint density at radius 2 is 2.00 bits per heavy atom. The second kappa shape index (κ2) is 7.87. The molecule has 142 valence electrons. The van der Waals surface area contributed by atoms with Crippen LogP contribution in [0.15, 0.2) is 34.2 Å². The number of carbonyl (C=O) groups excluding carboxylic acids is 1. The van der Waals surface area contributed by atoms with Crippen LogP contribution < -0.4 is 5.73 Å². The smallest absolute Gasteiger partial charge is 0.205 e. The third kappa shape index (κ3) is 3.67. The molecule has 5 nitrogen and oxygen atoms in total. The first-order chi connectivity index (χ1) is 13.2. The van der Waals surface area contributed by atoms with Gasteiger partial charge >= 0.3 is 0 Å². The molecule has 0 saturated carbocycles. The minimum absolute atomic E-state index is 0.0870. The van der Waals surface area contributed by atoms with Gasteiger partial charge in [-0.2, -0.15) is 5.26 Å². The lowest BCUT2D eigenvalue weighted by molar-refractivity contribution is -0.116. The summed E-state index contributed by atoms with van der Waals surface area (Å²) in [6.07, 6.45) is 7.18. The monoisotopic (exact) mass is 383 g/mol. The topological polar surface area (TPSA) is 79.4 Å². The number of allylic oxidation sites excluding steroid dienone is 3. The van der Waals surface area contributed by atoms with E-state index >= 15 is 0 Å². The summed E-state index contributed by atoms with van der Waals surface area (Å²) in [5.41, 5.74) is 8.30. The number of likely N-dealkylation sites (tertiary alicyclic amines) is 1. The van der Waals surface area contributed by atoms with Gasteiger partial charge in [0.2, 0.25) is 5.88 Å². The Labute approximate surface area is 164 Å². The van der Waals surface area contributed by atoms with Gasteiger partial charge in [-0.15, -0.1) is 11.3 Å². The van der Waals surface area contributed by atoms with Crippen LogP contribution in [0.25, 0.3) is 0 Å². The van der Waals surface area contributed by atoms with Crippen molar-refractivity contribution in [3.8, 4) is 6.07 Å². The van der Waals surface area contributed by atoms with Gasteiger partial charge in [0.15, 0.2) is 5.78 Å². The molecule has 4 rings (SSSR count). The van der Waals surface area contributed by atoms with Gasteiger partial charge in [0.1, 0.15) is 17.4 Å². The van der Waals surface area contributed by atoms with E-state index in [1.807, 2.05) is 0 Å². The zero-order valence-corrected chi connectivity index (χ0v) is 16.3. The summed E-state index contributed by atoms with van der Waals surface area (Å²) in [6.45, 7) is 3.22. The van der Waals surface area contributed by atoms with Crippen molar-refractivity contribution >= 4 is 17.1 Å². The van der Waals surface area contributed by atoms with Crippen LogP contribution in [0.3, 0.4) is 0 Å². The van der Waals surface area contributed by atoms with Crippen LogP contribution in [-0.4, -0.2) is 23.8 Å². The number of ketones is 1. The zero-order valence-electron chi connectivity index (χ0n) is 15.5. The van der Waals surface area contributed by atoms with Gasteiger partial charge in [0.05, 0.1) is 5.92 Å². The highest BCUT2D eigenvalue weighted by atomic mass is 32.1. The Bertz CT molecular complexity index is 838. The van der Waals surface area contributed by atoms with Crippen molar-refractivity contribution in [1.82, 2.24) is 4.90 Å². The van der Waals surface area contributed by atoms with Gasteiger partial charge in [-0.3, -0.25) is 9.69 Å². The molecule has 2 aliphatic heterocycles. The molecule has 6 heteroatoms.